The largest absolute Gasteiger partial charge is 0.465 e. The molecule has 0 saturated heterocycles. The van der Waals surface area contributed by atoms with Crippen molar-refractivity contribution in [2.45, 2.75) is 13.8 Å². The molecule has 0 atom stereocenters. The second-order valence-electron chi connectivity index (χ2n) is 4.49. The van der Waals surface area contributed by atoms with Crippen molar-refractivity contribution in [2.24, 2.45) is 0 Å². The van der Waals surface area contributed by atoms with Crippen molar-refractivity contribution in [3.05, 3.63) is 36.3 Å². The third-order valence-electron chi connectivity index (χ3n) is 3.16. The molecule has 0 unspecified atom stereocenters. The van der Waals surface area contributed by atoms with Gasteiger partial charge in [0.25, 0.3) is 0 Å². The van der Waals surface area contributed by atoms with Gasteiger partial charge >= 0.3 is 5.97 Å². The van der Waals surface area contributed by atoms with Crippen LogP contribution in [0.5, 0.6) is 0 Å². The van der Waals surface area contributed by atoms with Gasteiger partial charge in [-0.05, 0) is 26.0 Å². The molecule has 116 valence electrons. The Bertz CT molecular complexity index is 609. The fraction of sp³-hybridized carbons (Fsp3) is 0.333. The number of methoxy groups -OCH3 is 1. The molecule has 0 bridgehead atoms. The molecule has 22 heavy (non-hydrogen) atoms. The second kappa shape index (κ2) is 7.35. The Morgan fingerprint density at radius 3 is 2.32 bits per heavy atom. The molecule has 2 aromatic rings. The molecule has 0 radical (unpaired) electrons. The maximum absolute atomic E-state index is 11.3. The lowest BCUT2D eigenvalue weighted by Gasteiger charge is -2.19. The molecule has 7 nitrogen and oxygen atoms in total. The minimum Gasteiger partial charge on any atom is -0.465 e. The number of nitrogens with one attached hydrogen (secondary N) is 1. The predicted octanol–water partition coefficient (Wildman–Crippen LogP) is 2.25. The molecule has 0 spiro atoms. The number of hydrogen-bond donors (Lipinski definition) is 1. The number of anilines is 3. The summed E-state index contributed by atoms with van der Waals surface area (Å²) in [6.45, 7) is 6.00. The number of rotatable bonds is 6. The van der Waals surface area contributed by atoms with Crippen LogP contribution in [0.3, 0.4) is 0 Å². The third kappa shape index (κ3) is 3.69. The van der Waals surface area contributed by atoms with Gasteiger partial charge in [0.1, 0.15) is 5.82 Å². The molecule has 0 aliphatic rings. The fourth-order valence-corrected chi connectivity index (χ4v) is 1.94. The molecule has 0 saturated carbocycles. The zero-order valence-electron chi connectivity index (χ0n) is 12.9. The van der Waals surface area contributed by atoms with Crippen LogP contribution in [0.2, 0.25) is 0 Å². The molecule has 0 amide bonds. The Balaban J connectivity index is 2.06. The van der Waals surface area contributed by atoms with Gasteiger partial charge < -0.3 is 15.0 Å². The summed E-state index contributed by atoms with van der Waals surface area (Å²) in [6, 6.07) is 3.86. The molecule has 0 aliphatic carbocycles. The van der Waals surface area contributed by atoms with Gasteiger partial charge in [0.15, 0.2) is 0 Å². The molecule has 0 aromatic carbocycles. The van der Waals surface area contributed by atoms with Gasteiger partial charge in [-0.3, -0.25) is 0 Å². The SMILES string of the molecule is CCN(CC)c1ccc(Nc2ncc(C(=O)OC)cn2)cn1. The minimum absolute atomic E-state index is 0.308. The highest BCUT2D eigenvalue weighted by atomic mass is 16.5. The first-order valence-electron chi connectivity index (χ1n) is 7.06. The molecule has 2 aromatic heterocycles. The van der Waals surface area contributed by atoms with Crippen LogP contribution in [0.15, 0.2) is 30.7 Å². The van der Waals surface area contributed by atoms with Crippen LogP contribution < -0.4 is 10.2 Å². The lowest BCUT2D eigenvalue weighted by molar-refractivity contribution is 0.0600. The molecule has 7 heteroatoms. The van der Waals surface area contributed by atoms with Crippen LogP contribution in [-0.2, 0) is 4.74 Å². The maximum atomic E-state index is 11.3. The van der Waals surface area contributed by atoms with Gasteiger partial charge in [-0.25, -0.2) is 19.7 Å². The van der Waals surface area contributed by atoms with Gasteiger partial charge in [-0.1, -0.05) is 0 Å². The van der Waals surface area contributed by atoms with E-state index in [9.17, 15) is 4.79 Å². The number of pyridine rings is 1. The first kappa shape index (κ1) is 15.7. The highest BCUT2D eigenvalue weighted by Gasteiger charge is 2.07. The van der Waals surface area contributed by atoms with E-state index in [1.54, 1.807) is 6.20 Å². The van der Waals surface area contributed by atoms with Crippen molar-refractivity contribution in [3.63, 3.8) is 0 Å². The van der Waals surface area contributed by atoms with Crippen LogP contribution in [0, 0.1) is 0 Å². The van der Waals surface area contributed by atoms with Crippen molar-refractivity contribution in [1.82, 2.24) is 15.0 Å². The average molecular weight is 301 g/mol. The lowest BCUT2D eigenvalue weighted by atomic mass is 10.3. The van der Waals surface area contributed by atoms with Crippen molar-refractivity contribution < 1.29 is 9.53 Å². The van der Waals surface area contributed by atoms with Crippen molar-refractivity contribution in [3.8, 4) is 0 Å². The molecular formula is C15H19N5O2. The van der Waals surface area contributed by atoms with E-state index < -0.39 is 5.97 Å². The molecule has 2 heterocycles. The van der Waals surface area contributed by atoms with Gasteiger partial charge in [-0.15, -0.1) is 0 Å². The van der Waals surface area contributed by atoms with Crippen LogP contribution in [0.4, 0.5) is 17.5 Å². The molecule has 1 N–H and O–H groups in total. The van der Waals surface area contributed by atoms with E-state index in [0.717, 1.165) is 24.6 Å². The summed E-state index contributed by atoms with van der Waals surface area (Å²) in [5.74, 6) is 0.861. The first-order valence-corrected chi connectivity index (χ1v) is 7.06. The standard InChI is InChI=1S/C15H19N5O2/c1-4-20(5-2)13-7-6-12(10-16-13)19-15-17-8-11(9-18-15)14(21)22-3/h6-10H,4-5H2,1-3H3,(H,17,18,19). The van der Waals surface area contributed by atoms with Crippen LogP contribution in [0.25, 0.3) is 0 Å². The Hall–Kier alpha value is -2.70. The molecule has 0 aliphatic heterocycles. The van der Waals surface area contributed by atoms with E-state index in [1.165, 1.54) is 19.5 Å². The third-order valence-corrected chi connectivity index (χ3v) is 3.16. The van der Waals surface area contributed by atoms with E-state index in [-0.39, 0.29) is 0 Å². The zero-order valence-corrected chi connectivity index (χ0v) is 12.9. The zero-order chi connectivity index (χ0) is 15.9. The normalized spacial score (nSPS) is 10.1. The summed E-state index contributed by atoms with van der Waals surface area (Å²) in [6.07, 6.45) is 4.56. The number of nitrogens with zero attached hydrogens (tertiary/aromatic N) is 4. The second-order valence-corrected chi connectivity index (χ2v) is 4.49. The first-order chi connectivity index (χ1) is 10.7. The van der Waals surface area contributed by atoms with E-state index in [1.807, 2.05) is 12.1 Å². The molecule has 0 fully saturated rings. The Kier molecular flexibility index (Phi) is 5.24. The summed E-state index contributed by atoms with van der Waals surface area (Å²) < 4.78 is 4.60. The smallest absolute Gasteiger partial charge is 0.341 e. The van der Waals surface area contributed by atoms with E-state index in [0.29, 0.717) is 11.5 Å². The lowest BCUT2D eigenvalue weighted by Crippen LogP contribution is -2.22. The Labute approximate surface area is 129 Å². The van der Waals surface area contributed by atoms with E-state index in [4.69, 9.17) is 0 Å². The number of carbonyl (C=O) groups excluding carboxylic acids is 1. The van der Waals surface area contributed by atoms with Crippen LogP contribution >= 0.6 is 0 Å². The van der Waals surface area contributed by atoms with Crippen LogP contribution in [0.1, 0.15) is 24.2 Å². The van der Waals surface area contributed by atoms with Crippen molar-refractivity contribution in [2.75, 3.05) is 30.4 Å². The van der Waals surface area contributed by atoms with Gasteiger partial charge in [0.2, 0.25) is 5.95 Å². The molecule has 2 rings (SSSR count). The summed E-state index contributed by atoms with van der Waals surface area (Å²) in [4.78, 5) is 26.0. The van der Waals surface area contributed by atoms with Gasteiger partial charge in [-0.2, -0.15) is 0 Å². The number of aromatic nitrogens is 3. The Morgan fingerprint density at radius 2 is 1.82 bits per heavy atom. The van der Waals surface area contributed by atoms with Gasteiger partial charge in [0, 0.05) is 25.5 Å². The topological polar surface area (TPSA) is 80.2 Å². The monoisotopic (exact) mass is 301 g/mol. The Morgan fingerprint density at radius 1 is 1.14 bits per heavy atom. The summed E-state index contributed by atoms with van der Waals surface area (Å²) in [5.41, 5.74) is 1.09. The number of ether oxygens (including phenoxy) is 1. The number of hydrogen-bond acceptors (Lipinski definition) is 7. The highest BCUT2D eigenvalue weighted by molar-refractivity contribution is 5.88. The number of carbonyl (C=O) groups is 1. The predicted molar refractivity (Wildman–Crippen MR) is 84.5 cm³/mol. The molecular weight excluding hydrogens is 282 g/mol. The fourth-order valence-electron chi connectivity index (χ4n) is 1.94. The summed E-state index contributed by atoms with van der Waals surface area (Å²) in [7, 11) is 1.32. The quantitative estimate of drug-likeness (QED) is 0.819. The highest BCUT2D eigenvalue weighted by Crippen LogP contribution is 2.16. The maximum Gasteiger partial charge on any atom is 0.341 e. The number of esters is 1. The van der Waals surface area contributed by atoms with Gasteiger partial charge in [0.05, 0.1) is 24.6 Å². The summed E-state index contributed by atoms with van der Waals surface area (Å²) in [5, 5.41) is 3.03. The minimum atomic E-state index is -0.461. The van der Waals surface area contributed by atoms with Crippen molar-refractivity contribution in [1.29, 1.82) is 0 Å². The van der Waals surface area contributed by atoms with E-state index in [2.05, 4.69) is 43.8 Å². The van der Waals surface area contributed by atoms with E-state index >= 15 is 0 Å². The average Bonchev–Trinajstić information content (AvgIpc) is 2.57. The summed E-state index contributed by atoms with van der Waals surface area (Å²) >= 11 is 0. The van der Waals surface area contributed by atoms with Crippen molar-refractivity contribution >= 4 is 23.4 Å². The van der Waals surface area contributed by atoms with Crippen LogP contribution in [-0.4, -0.2) is 41.1 Å².